The Bertz CT molecular complexity index is 279. The Morgan fingerprint density at radius 3 is 2.93 bits per heavy atom. The van der Waals surface area contributed by atoms with Crippen molar-refractivity contribution in [3.8, 4) is 0 Å². The van der Waals surface area contributed by atoms with Gasteiger partial charge in [0.1, 0.15) is 5.78 Å². The Labute approximate surface area is 90.5 Å². The van der Waals surface area contributed by atoms with E-state index in [0.717, 1.165) is 18.4 Å². The first-order valence-corrected chi connectivity index (χ1v) is 5.50. The van der Waals surface area contributed by atoms with Gasteiger partial charge in [-0.2, -0.15) is 0 Å². The van der Waals surface area contributed by atoms with Gasteiger partial charge in [-0.1, -0.05) is 5.57 Å². The third-order valence-electron chi connectivity index (χ3n) is 2.76. The quantitative estimate of drug-likeness (QED) is 0.530. The molecule has 1 unspecified atom stereocenters. The third-order valence-corrected chi connectivity index (χ3v) is 2.76. The third kappa shape index (κ3) is 3.86. The maximum atomic E-state index is 11.2. The Balaban J connectivity index is 2.54. The van der Waals surface area contributed by atoms with E-state index in [9.17, 15) is 9.59 Å². The molecule has 1 rings (SSSR count). The number of hydrogen-bond acceptors (Lipinski definition) is 3. The summed E-state index contributed by atoms with van der Waals surface area (Å²) in [5.41, 5.74) is 0.974. The molecule has 0 heterocycles. The van der Waals surface area contributed by atoms with E-state index in [1.54, 1.807) is 6.92 Å². The number of Topliss-reactive ketones (excluding diaryl/α,β-unsaturated/α-hetero) is 1. The zero-order valence-electron chi connectivity index (χ0n) is 9.41. The lowest BCUT2D eigenvalue weighted by Crippen LogP contribution is -2.16. The summed E-state index contributed by atoms with van der Waals surface area (Å²) in [6, 6.07) is 0. The number of rotatable bonds is 3. The highest BCUT2D eigenvalue weighted by atomic mass is 16.5. The molecule has 0 aliphatic heterocycles. The van der Waals surface area contributed by atoms with Gasteiger partial charge in [-0.05, 0) is 32.6 Å². The van der Waals surface area contributed by atoms with Crippen LogP contribution in [0, 0.1) is 5.92 Å². The van der Waals surface area contributed by atoms with Crippen LogP contribution in [0.2, 0.25) is 0 Å². The maximum Gasteiger partial charge on any atom is 0.330 e. The lowest BCUT2D eigenvalue weighted by atomic mass is 9.83. The van der Waals surface area contributed by atoms with Crippen molar-refractivity contribution in [1.29, 1.82) is 0 Å². The first-order valence-electron chi connectivity index (χ1n) is 5.50. The number of carbonyl (C=O) groups is 2. The lowest BCUT2D eigenvalue weighted by molar-refractivity contribution is -0.137. The molecule has 0 saturated heterocycles. The number of esters is 1. The molecule has 1 aliphatic rings. The van der Waals surface area contributed by atoms with E-state index in [-0.39, 0.29) is 11.9 Å². The van der Waals surface area contributed by atoms with Crippen molar-refractivity contribution in [1.82, 2.24) is 0 Å². The second kappa shape index (κ2) is 5.69. The highest BCUT2D eigenvalue weighted by Crippen LogP contribution is 2.27. The van der Waals surface area contributed by atoms with E-state index in [2.05, 4.69) is 0 Å². The monoisotopic (exact) mass is 210 g/mol. The van der Waals surface area contributed by atoms with E-state index in [1.807, 2.05) is 6.92 Å². The van der Waals surface area contributed by atoms with Gasteiger partial charge in [0.15, 0.2) is 0 Å². The van der Waals surface area contributed by atoms with Crippen LogP contribution in [0.15, 0.2) is 11.6 Å². The fraction of sp³-hybridized carbons (Fsp3) is 0.667. The molecule has 1 aliphatic carbocycles. The highest BCUT2D eigenvalue weighted by Gasteiger charge is 2.21. The van der Waals surface area contributed by atoms with Crippen LogP contribution in [0.4, 0.5) is 0 Å². The fourth-order valence-electron chi connectivity index (χ4n) is 1.90. The minimum atomic E-state index is -0.298. The molecule has 15 heavy (non-hydrogen) atoms. The highest BCUT2D eigenvalue weighted by molar-refractivity contribution is 5.83. The summed E-state index contributed by atoms with van der Waals surface area (Å²) in [5, 5.41) is 0. The van der Waals surface area contributed by atoms with Crippen molar-refractivity contribution in [2.45, 2.75) is 39.5 Å². The largest absolute Gasteiger partial charge is 0.463 e. The van der Waals surface area contributed by atoms with Crippen LogP contribution in [-0.2, 0) is 14.3 Å². The number of ketones is 1. The Kier molecular flexibility index (Phi) is 4.53. The summed E-state index contributed by atoms with van der Waals surface area (Å²) >= 11 is 0. The normalized spacial score (nSPS) is 22.7. The zero-order chi connectivity index (χ0) is 11.3. The average Bonchev–Trinajstić information content (AvgIpc) is 2.18. The summed E-state index contributed by atoms with van der Waals surface area (Å²) in [4.78, 5) is 22.4. The number of allylic oxidation sites excluding steroid dienone is 1. The van der Waals surface area contributed by atoms with Crippen molar-refractivity contribution >= 4 is 11.8 Å². The molecule has 0 bridgehead atoms. The van der Waals surface area contributed by atoms with E-state index < -0.39 is 0 Å². The van der Waals surface area contributed by atoms with Crippen LogP contribution < -0.4 is 0 Å². The maximum absolute atomic E-state index is 11.2. The summed E-state index contributed by atoms with van der Waals surface area (Å²) in [6.07, 6.45) is 4.75. The van der Waals surface area contributed by atoms with Gasteiger partial charge in [0.25, 0.3) is 0 Å². The number of hydrogen-bond donors (Lipinski definition) is 0. The molecule has 0 N–H and O–H groups in total. The molecule has 0 amide bonds. The van der Waals surface area contributed by atoms with Crippen LogP contribution >= 0.6 is 0 Å². The van der Waals surface area contributed by atoms with Gasteiger partial charge in [-0.3, -0.25) is 4.79 Å². The number of ether oxygens (including phenoxy) is 1. The predicted octanol–water partition coefficient (Wildman–Crippen LogP) is 2.26. The zero-order valence-corrected chi connectivity index (χ0v) is 9.41. The van der Waals surface area contributed by atoms with Gasteiger partial charge in [-0.15, -0.1) is 0 Å². The SMILES string of the molecule is CCOC(=O)/C=C(\C)C1CCCC(=O)C1. The van der Waals surface area contributed by atoms with Crippen LogP contribution in [-0.4, -0.2) is 18.4 Å². The summed E-state index contributed by atoms with van der Waals surface area (Å²) in [5.74, 6) is 0.256. The van der Waals surface area contributed by atoms with Crippen molar-refractivity contribution < 1.29 is 14.3 Å². The van der Waals surface area contributed by atoms with Gasteiger partial charge in [-0.25, -0.2) is 4.79 Å². The summed E-state index contributed by atoms with van der Waals surface area (Å²) in [6.45, 7) is 4.08. The van der Waals surface area contributed by atoms with Crippen LogP contribution in [0.5, 0.6) is 0 Å². The molecular weight excluding hydrogens is 192 g/mol. The molecule has 0 spiro atoms. The average molecular weight is 210 g/mol. The molecule has 3 nitrogen and oxygen atoms in total. The van der Waals surface area contributed by atoms with Crippen molar-refractivity contribution in [3.05, 3.63) is 11.6 Å². The molecule has 3 heteroatoms. The Morgan fingerprint density at radius 1 is 1.60 bits per heavy atom. The standard InChI is InChI=1S/C12H18O3/c1-3-15-12(14)7-9(2)10-5-4-6-11(13)8-10/h7,10H,3-6,8H2,1-2H3/b9-7+. The minimum absolute atomic E-state index is 0.246. The van der Waals surface area contributed by atoms with E-state index in [0.29, 0.717) is 25.2 Å². The molecule has 0 radical (unpaired) electrons. The smallest absolute Gasteiger partial charge is 0.330 e. The summed E-state index contributed by atoms with van der Waals surface area (Å²) < 4.78 is 4.83. The first-order chi connectivity index (χ1) is 7.13. The predicted molar refractivity (Wildman–Crippen MR) is 57.4 cm³/mol. The van der Waals surface area contributed by atoms with Gasteiger partial charge in [0.2, 0.25) is 0 Å². The molecule has 1 atom stereocenters. The Morgan fingerprint density at radius 2 is 2.33 bits per heavy atom. The molecule has 0 aromatic heterocycles. The van der Waals surface area contributed by atoms with Gasteiger partial charge in [0.05, 0.1) is 6.61 Å². The first kappa shape index (κ1) is 12.0. The van der Waals surface area contributed by atoms with Gasteiger partial charge >= 0.3 is 5.97 Å². The van der Waals surface area contributed by atoms with Crippen molar-refractivity contribution in [2.24, 2.45) is 5.92 Å². The topological polar surface area (TPSA) is 43.4 Å². The van der Waals surface area contributed by atoms with Gasteiger partial charge in [0, 0.05) is 18.9 Å². The molecule has 1 saturated carbocycles. The van der Waals surface area contributed by atoms with Crippen molar-refractivity contribution in [3.63, 3.8) is 0 Å². The molecular formula is C12H18O3. The summed E-state index contributed by atoms with van der Waals surface area (Å²) in [7, 11) is 0. The fourth-order valence-corrected chi connectivity index (χ4v) is 1.90. The van der Waals surface area contributed by atoms with Crippen LogP contribution in [0.3, 0.4) is 0 Å². The second-order valence-corrected chi connectivity index (χ2v) is 3.97. The molecule has 0 aromatic rings. The van der Waals surface area contributed by atoms with Crippen LogP contribution in [0.1, 0.15) is 39.5 Å². The van der Waals surface area contributed by atoms with E-state index >= 15 is 0 Å². The second-order valence-electron chi connectivity index (χ2n) is 3.97. The van der Waals surface area contributed by atoms with Gasteiger partial charge < -0.3 is 4.74 Å². The number of carbonyl (C=O) groups excluding carboxylic acids is 2. The minimum Gasteiger partial charge on any atom is -0.463 e. The van der Waals surface area contributed by atoms with Crippen molar-refractivity contribution in [2.75, 3.05) is 6.61 Å². The molecule has 1 fully saturated rings. The molecule has 84 valence electrons. The molecule has 0 aromatic carbocycles. The van der Waals surface area contributed by atoms with Crippen LogP contribution in [0.25, 0.3) is 0 Å². The van der Waals surface area contributed by atoms with E-state index in [1.165, 1.54) is 6.08 Å². The van der Waals surface area contributed by atoms with E-state index in [4.69, 9.17) is 4.74 Å². The Hall–Kier alpha value is -1.12. The lowest BCUT2D eigenvalue weighted by Gasteiger charge is -2.21.